The minimum Gasteiger partial charge on any atom is -0.870 e. The third kappa shape index (κ3) is 5.97. The maximum atomic E-state index is 14.7. The predicted molar refractivity (Wildman–Crippen MR) is 144 cm³/mol. The van der Waals surface area contributed by atoms with Crippen LogP contribution in [0.25, 0.3) is 16.4 Å². The molecule has 0 aliphatic heterocycles. The molecule has 202 valence electrons. The van der Waals surface area contributed by atoms with Crippen molar-refractivity contribution in [3.63, 3.8) is 0 Å². The Morgan fingerprint density at radius 1 is 1.23 bits per heavy atom. The van der Waals surface area contributed by atoms with Crippen molar-refractivity contribution in [2.24, 2.45) is 11.1 Å². The van der Waals surface area contributed by atoms with Crippen molar-refractivity contribution in [2.45, 2.75) is 37.5 Å². The van der Waals surface area contributed by atoms with Gasteiger partial charge in [-0.15, -0.1) is 22.4 Å². The second-order valence-electron chi connectivity index (χ2n) is 9.01. The molecule has 0 bridgehead atoms. The summed E-state index contributed by atoms with van der Waals surface area (Å²) < 4.78 is 42.4. The lowest BCUT2D eigenvalue weighted by Crippen LogP contribution is -2.07. The number of benzene rings is 2. The minimum absolute atomic E-state index is 0. The highest BCUT2D eigenvalue weighted by Crippen LogP contribution is 2.38. The number of thiazole rings is 1. The highest BCUT2D eigenvalue weighted by Gasteiger charge is 2.29. The fraction of sp³-hybridized carbons (Fsp3) is 0.222. The molecule has 0 spiro atoms. The standard InChI is InChI=1S/C27H22F2N4O3S2.H2O/c1-2-3-17-13-18(7-8-20(17)28)25-19(10-16-6-9-24(38(30)36)21(29)11-16)23(12-15-4-5-15)33(32-25)27-31-22(14-37-27)26(34)35;/h6-9,11,13-15H,4-5,10,12H2,1H3,(H2,30,36)(H,34,35);1H2. The molecule has 4 aromatic rings. The predicted octanol–water partition coefficient (Wildman–Crippen LogP) is 4.64. The molecule has 8 nitrogen and oxygen atoms in total. The van der Waals surface area contributed by atoms with E-state index in [4.69, 9.17) is 10.2 Å². The summed E-state index contributed by atoms with van der Waals surface area (Å²) in [4.78, 5) is 15.7. The fourth-order valence-electron chi connectivity index (χ4n) is 4.27. The summed E-state index contributed by atoms with van der Waals surface area (Å²) in [7, 11) is -2.32. The normalized spacial score (nSPS) is 13.3. The molecule has 1 atom stereocenters. The van der Waals surface area contributed by atoms with Gasteiger partial charge in [0.2, 0.25) is 10.0 Å². The molecule has 1 fully saturated rings. The maximum Gasteiger partial charge on any atom is 0.355 e. The Bertz CT molecular complexity index is 1650. The molecule has 2 aromatic heterocycles. The van der Waals surface area contributed by atoms with Gasteiger partial charge in [-0.3, -0.25) is 0 Å². The lowest BCUT2D eigenvalue weighted by Gasteiger charge is -2.09. The molecular formula is C27H24F2N4O4S2. The van der Waals surface area contributed by atoms with E-state index in [0.29, 0.717) is 34.3 Å². The van der Waals surface area contributed by atoms with Crippen molar-refractivity contribution < 1.29 is 28.4 Å². The van der Waals surface area contributed by atoms with Crippen molar-refractivity contribution in [2.75, 3.05) is 0 Å². The van der Waals surface area contributed by atoms with E-state index in [-0.39, 0.29) is 28.0 Å². The first kappa shape index (κ1) is 28.3. The van der Waals surface area contributed by atoms with E-state index in [1.807, 2.05) is 0 Å². The quantitative estimate of drug-likeness (QED) is 0.180. The lowest BCUT2D eigenvalue weighted by atomic mass is 9.96. The average molecular weight is 571 g/mol. The van der Waals surface area contributed by atoms with E-state index < -0.39 is 28.6 Å². The van der Waals surface area contributed by atoms with Crippen LogP contribution in [0, 0.1) is 29.4 Å². The van der Waals surface area contributed by atoms with E-state index in [1.54, 1.807) is 29.8 Å². The summed E-state index contributed by atoms with van der Waals surface area (Å²) >= 11 is 1.16. The second kappa shape index (κ2) is 11.5. The zero-order valence-electron chi connectivity index (χ0n) is 20.7. The molecule has 4 N–H and O–H groups in total. The van der Waals surface area contributed by atoms with Gasteiger partial charge in [0.05, 0.1) is 17.0 Å². The molecule has 1 aliphatic rings. The SMILES string of the molecule is CC#Cc1cc(-c2nn(-c3nc(C(=O)O)cs3)c(CC3CC3)c2Cc2ccc([SH+](N)=O)c(F)c2)ccc1F.[OH-]. The van der Waals surface area contributed by atoms with Crippen LogP contribution >= 0.6 is 11.3 Å². The lowest BCUT2D eigenvalue weighted by molar-refractivity contribution is 0.0691. The van der Waals surface area contributed by atoms with Crippen molar-refractivity contribution in [3.8, 4) is 28.2 Å². The number of hydrogen-bond acceptors (Lipinski definition) is 6. The third-order valence-corrected chi connectivity index (χ3v) is 7.94. The van der Waals surface area contributed by atoms with E-state index in [9.17, 15) is 22.9 Å². The van der Waals surface area contributed by atoms with Crippen LogP contribution in [0.2, 0.25) is 0 Å². The Hall–Kier alpha value is -3.76. The highest BCUT2D eigenvalue weighted by molar-refractivity contribution is 7.82. The Morgan fingerprint density at radius 2 is 2.00 bits per heavy atom. The minimum atomic E-state index is -2.32. The van der Waals surface area contributed by atoms with Crippen LogP contribution in [0.4, 0.5) is 8.78 Å². The van der Waals surface area contributed by atoms with Crippen molar-refractivity contribution in [1.29, 1.82) is 0 Å². The van der Waals surface area contributed by atoms with Crippen LogP contribution in [0.3, 0.4) is 0 Å². The van der Waals surface area contributed by atoms with Crippen LogP contribution in [-0.2, 0) is 28.0 Å². The second-order valence-corrected chi connectivity index (χ2v) is 11.0. The van der Waals surface area contributed by atoms with Crippen molar-refractivity contribution in [3.05, 3.63) is 81.5 Å². The van der Waals surface area contributed by atoms with Gasteiger partial charge < -0.3 is 10.6 Å². The van der Waals surface area contributed by atoms with Gasteiger partial charge in [0.25, 0.3) is 0 Å². The molecule has 1 saturated carbocycles. The van der Waals surface area contributed by atoms with Crippen LogP contribution in [-0.4, -0.2) is 31.3 Å². The van der Waals surface area contributed by atoms with Crippen LogP contribution in [0.5, 0.6) is 0 Å². The number of thiol groups is 1. The summed E-state index contributed by atoms with van der Waals surface area (Å²) in [6, 6.07) is 8.96. The Morgan fingerprint density at radius 3 is 2.62 bits per heavy atom. The molecule has 5 rings (SSSR count). The highest BCUT2D eigenvalue weighted by atomic mass is 32.2. The molecule has 0 radical (unpaired) electrons. The molecule has 1 unspecified atom stereocenters. The van der Waals surface area contributed by atoms with Gasteiger partial charge in [-0.25, -0.2) is 23.2 Å². The van der Waals surface area contributed by atoms with E-state index in [0.717, 1.165) is 35.4 Å². The first-order chi connectivity index (χ1) is 18.2. The number of nitrogens with two attached hydrogens (primary N) is 1. The van der Waals surface area contributed by atoms with Crippen LogP contribution < -0.4 is 5.14 Å². The van der Waals surface area contributed by atoms with Crippen molar-refractivity contribution >= 4 is 28.3 Å². The first-order valence-corrected chi connectivity index (χ1v) is 14.0. The van der Waals surface area contributed by atoms with E-state index in [2.05, 4.69) is 16.8 Å². The molecule has 39 heavy (non-hydrogen) atoms. The molecule has 12 heteroatoms. The van der Waals surface area contributed by atoms with Crippen molar-refractivity contribution in [1.82, 2.24) is 14.8 Å². The van der Waals surface area contributed by atoms with Crippen LogP contribution in [0.1, 0.15) is 52.6 Å². The summed E-state index contributed by atoms with van der Waals surface area (Å²) in [6.07, 6.45) is 3.05. The number of aromatic carboxylic acids is 1. The number of halogens is 2. The maximum absolute atomic E-state index is 14.7. The van der Waals surface area contributed by atoms with Gasteiger partial charge in [0.1, 0.15) is 5.82 Å². The van der Waals surface area contributed by atoms with E-state index in [1.165, 1.54) is 23.6 Å². The molecular weight excluding hydrogens is 546 g/mol. The van der Waals surface area contributed by atoms with Gasteiger partial charge in [0, 0.05) is 22.9 Å². The number of nitrogens with zero attached hydrogens (tertiary/aromatic N) is 3. The molecule has 2 aromatic carbocycles. The van der Waals surface area contributed by atoms with E-state index >= 15 is 0 Å². The smallest absolute Gasteiger partial charge is 0.355 e. The number of rotatable bonds is 8. The third-order valence-electron chi connectivity index (χ3n) is 6.29. The summed E-state index contributed by atoms with van der Waals surface area (Å²) in [5, 5.41) is 21.5. The van der Waals surface area contributed by atoms with Gasteiger partial charge >= 0.3 is 5.97 Å². The fourth-order valence-corrected chi connectivity index (χ4v) is 5.54. The summed E-state index contributed by atoms with van der Waals surface area (Å²) in [6.45, 7) is 1.62. The Kier molecular flexibility index (Phi) is 8.36. The van der Waals surface area contributed by atoms with Gasteiger partial charge in [0.15, 0.2) is 22.5 Å². The molecule has 0 amide bonds. The molecule has 2 heterocycles. The largest absolute Gasteiger partial charge is 0.870 e. The number of aromatic nitrogens is 3. The topological polar surface area (TPSA) is 141 Å². The van der Waals surface area contributed by atoms with Gasteiger partial charge in [-0.1, -0.05) is 16.2 Å². The number of hydrogen-bond donors (Lipinski definition) is 2. The van der Waals surface area contributed by atoms with Crippen LogP contribution in [0.15, 0.2) is 46.7 Å². The number of carboxylic acid groups (broad SMARTS) is 1. The van der Waals surface area contributed by atoms with Gasteiger partial charge in [-0.2, -0.15) is 5.10 Å². The molecule has 1 aliphatic carbocycles. The zero-order valence-corrected chi connectivity index (χ0v) is 22.4. The monoisotopic (exact) mass is 570 g/mol. The summed E-state index contributed by atoms with van der Waals surface area (Å²) in [5.74, 6) is 3.66. The first-order valence-electron chi connectivity index (χ1n) is 11.8. The molecule has 0 saturated heterocycles. The Labute approximate surface area is 229 Å². The Balaban J connectivity index is 0.00000353. The number of carboxylic acids is 1. The number of carbonyl (C=O) groups is 1. The average Bonchev–Trinajstić information content (AvgIpc) is 3.43. The summed E-state index contributed by atoms with van der Waals surface area (Å²) in [5.41, 5.74) is 3.52. The van der Waals surface area contributed by atoms with Gasteiger partial charge in [-0.05, 0) is 68.0 Å². The zero-order chi connectivity index (χ0) is 27.0.